The number of thiocarbonyl (C=S) groups is 1. The molecular weight excluding hydrogens is 334 g/mol. The van der Waals surface area contributed by atoms with Gasteiger partial charge in [0.15, 0.2) is 29.6 Å². The highest BCUT2D eigenvalue weighted by Gasteiger charge is 2.70. The largest absolute Gasteiger partial charge is 0.456 e. The summed E-state index contributed by atoms with van der Waals surface area (Å²) >= 11 is 5.35. The molecule has 7 nitrogen and oxygen atoms in total. The van der Waals surface area contributed by atoms with Gasteiger partial charge in [-0.25, -0.2) is 0 Å². The van der Waals surface area contributed by atoms with Crippen LogP contribution >= 0.6 is 12.2 Å². The highest BCUT2D eigenvalue weighted by molar-refractivity contribution is 7.80. The zero-order valence-electron chi connectivity index (χ0n) is 14.3. The molecule has 1 spiro atoms. The Bertz CT molecular complexity index is 581. The molecular formula is C16H23NO6S. The average molecular weight is 357 g/mol. The van der Waals surface area contributed by atoms with E-state index in [9.17, 15) is 0 Å². The third-order valence-corrected chi connectivity index (χ3v) is 5.14. The van der Waals surface area contributed by atoms with Crippen LogP contribution in [-0.2, 0) is 28.4 Å². The van der Waals surface area contributed by atoms with Gasteiger partial charge < -0.3 is 33.3 Å². The van der Waals surface area contributed by atoms with Crippen LogP contribution in [0.2, 0.25) is 0 Å². The van der Waals surface area contributed by atoms with Crippen molar-refractivity contribution in [3.8, 4) is 0 Å². The molecule has 4 fully saturated rings. The zero-order chi connectivity index (χ0) is 17.3. The number of hydrogen-bond acceptors (Lipinski definition) is 7. The Balaban J connectivity index is 1.67. The Hall–Kier alpha value is -0.770. The van der Waals surface area contributed by atoms with Gasteiger partial charge >= 0.3 is 0 Å². The van der Waals surface area contributed by atoms with Crippen molar-refractivity contribution in [1.29, 1.82) is 0 Å². The molecule has 0 N–H and O–H groups in total. The van der Waals surface area contributed by atoms with Crippen molar-refractivity contribution < 1.29 is 28.4 Å². The van der Waals surface area contributed by atoms with Crippen LogP contribution in [0.4, 0.5) is 0 Å². The number of nitrogens with zero attached hydrogens (tertiary/aromatic N) is 1. The predicted molar refractivity (Wildman–Crippen MR) is 86.9 cm³/mol. The minimum absolute atomic E-state index is 0.298. The van der Waals surface area contributed by atoms with Crippen LogP contribution in [0.3, 0.4) is 0 Å². The summed E-state index contributed by atoms with van der Waals surface area (Å²) in [4.78, 5) is 1.78. The summed E-state index contributed by atoms with van der Waals surface area (Å²) in [5, 5.41) is 0.353. The van der Waals surface area contributed by atoms with E-state index in [0.717, 1.165) is 0 Å². The number of hydrogen-bond donors (Lipinski definition) is 0. The quantitative estimate of drug-likeness (QED) is 0.690. The van der Waals surface area contributed by atoms with Crippen molar-refractivity contribution in [3.05, 3.63) is 12.8 Å². The van der Waals surface area contributed by atoms with Gasteiger partial charge in [0.1, 0.15) is 12.2 Å². The molecule has 5 atom stereocenters. The summed E-state index contributed by atoms with van der Waals surface area (Å²) in [6.07, 6.45) is -0.0161. The SMILES string of the molecule is C=CN1C[C@]2(OC1=S)[C@@H](C1COC(C)(C)O1)O[C@@H]1OC(C)(C)O[C@@H]12. The van der Waals surface area contributed by atoms with Gasteiger partial charge in [0.2, 0.25) is 0 Å². The highest BCUT2D eigenvalue weighted by atomic mass is 32.1. The van der Waals surface area contributed by atoms with Crippen LogP contribution in [0, 0.1) is 0 Å². The van der Waals surface area contributed by atoms with Gasteiger partial charge in [-0.3, -0.25) is 0 Å². The first kappa shape index (κ1) is 16.7. The summed E-state index contributed by atoms with van der Waals surface area (Å²) in [5.41, 5.74) is -0.821. The fraction of sp³-hybridized carbons (Fsp3) is 0.812. The van der Waals surface area contributed by atoms with Crippen molar-refractivity contribution in [3.63, 3.8) is 0 Å². The molecule has 0 aromatic carbocycles. The minimum atomic E-state index is -0.821. The maximum Gasteiger partial charge on any atom is 0.264 e. The van der Waals surface area contributed by atoms with E-state index in [1.807, 2.05) is 27.7 Å². The molecule has 1 unspecified atom stereocenters. The summed E-state index contributed by atoms with van der Waals surface area (Å²) in [5.74, 6) is -1.41. The van der Waals surface area contributed by atoms with Crippen LogP contribution in [0.25, 0.3) is 0 Å². The molecule has 0 saturated carbocycles. The smallest absolute Gasteiger partial charge is 0.264 e. The Morgan fingerprint density at radius 1 is 1.12 bits per heavy atom. The maximum atomic E-state index is 6.18. The summed E-state index contributed by atoms with van der Waals surface area (Å²) in [6.45, 7) is 12.1. The molecule has 134 valence electrons. The second-order valence-corrected chi connectivity index (χ2v) is 7.83. The van der Waals surface area contributed by atoms with E-state index in [0.29, 0.717) is 18.3 Å². The van der Waals surface area contributed by atoms with E-state index in [1.165, 1.54) is 0 Å². The average Bonchev–Trinajstić information content (AvgIpc) is 3.15. The number of fused-ring (bicyclic) bond motifs is 2. The minimum Gasteiger partial charge on any atom is -0.456 e. The van der Waals surface area contributed by atoms with Crippen LogP contribution in [0.15, 0.2) is 12.8 Å². The van der Waals surface area contributed by atoms with Gasteiger partial charge in [-0.1, -0.05) is 6.58 Å². The molecule has 0 aromatic rings. The molecule has 0 aromatic heterocycles. The third kappa shape index (κ3) is 2.40. The monoisotopic (exact) mass is 357 g/mol. The van der Waals surface area contributed by atoms with Crippen molar-refractivity contribution in [2.24, 2.45) is 0 Å². The first-order chi connectivity index (χ1) is 11.2. The standard InChI is InChI=1S/C16H23NO6S/c1-6-17-8-16(23-13(17)24)10(9-7-18-14(2,3)20-9)19-12-11(16)21-15(4,5)22-12/h6,9-12H,1,7-8H2,2-5H3/t9?,10-,11+,12-,16+/m1/s1. The Kier molecular flexibility index (Phi) is 3.56. The molecule has 0 radical (unpaired) electrons. The lowest BCUT2D eigenvalue weighted by molar-refractivity contribution is -0.242. The lowest BCUT2D eigenvalue weighted by Gasteiger charge is -2.35. The van der Waals surface area contributed by atoms with Gasteiger partial charge in [-0.05, 0) is 39.9 Å². The van der Waals surface area contributed by atoms with Gasteiger partial charge in [-0.15, -0.1) is 0 Å². The lowest BCUT2D eigenvalue weighted by atomic mass is 9.89. The van der Waals surface area contributed by atoms with Crippen LogP contribution in [0.5, 0.6) is 0 Å². The van der Waals surface area contributed by atoms with E-state index in [1.54, 1.807) is 11.1 Å². The molecule has 4 saturated heterocycles. The lowest BCUT2D eigenvalue weighted by Crippen LogP contribution is -2.56. The Labute approximate surface area is 146 Å². The number of ether oxygens (including phenoxy) is 6. The Morgan fingerprint density at radius 3 is 2.46 bits per heavy atom. The normalized spacial score (nSPS) is 45.7. The topological polar surface area (TPSA) is 58.6 Å². The fourth-order valence-electron chi connectivity index (χ4n) is 3.87. The van der Waals surface area contributed by atoms with Crippen molar-refractivity contribution in [2.45, 2.75) is 69.5 Å². The van der Waals surface area contributed by atoms with E-state index in [2.05, 4.69) is 6.58 Å². The maximum absolute atomic E-state index is 6.18. The molecule has 0 bridgehead atoms. The second kappa shape index (κ2) is 5.12. The van der Waals surface area contributed by atoms with Crippen LogP contribution in [0.1, 0.15) is 27.7 Å². The first-order valence-electron chi connectivity index (χ1n) is 8.11. The van der Waals surface area contributed by atoms with E-state index in [4.69, 9.17) is 40.6 Å². The fourth-order valence-corrected chi connectivity index (χ4v) is 4.16. The van der Waals surface area contributed by atoms with E-state index < -0.39 is 35.7 Å². The number of rotatable bonds is 2. The second-order valence-electron chi connectivity index (χ2n) is 7.48. The zero-order valence-corrected chi connectivity index (χ0v) is 15.1. The van der Waals surface area contributed by atoms with E-state index in [-0.39, 0.29) is 6.10 Å². The molecule has 4 aliphatic heterocycles. The summed E-state index contributed by atoms with van der Waals surface area (Å²) in [7, 11) is 0. The molecule has 8 heteroatoms. The highest BCUT2D eigenvalue weighted by Crippen LogP contribution is 2.50. The van der Waals surface area contributed by atoms with Crippen molar-refractivity contribution in [2.75, 3.05) is 13.2 Å². The molecule has 24 heavy (non-hydrogen) atoms. The molecule has 4 heterocycles. The summed E-state index contributed by atoms with van der Waals surface area (Å²) < 4.78 is 36.0. The van der Waals surface area contributed by atoms with Gasteiger partial charge in [-0.2, -0.15) is 0 Å². The predicted octanol–water partition coefficient (Wildman–Crippen LogP) is 1.51. The first-order valence-corrected chi connectivity index (χ1v) is 8.52. The molecule has 0 aliphatic carbocycles. The van der Waals surface area contributed by atoms with Gasteiger partial charge in [0, 0.05) is 6.20 Å². The van der Waals surface area contributed by atoms with Crippen molar-refractivity contribution in [1.82, 2.24) is 4.90 Å². The molecule has 0 amide bonds. The van der Waals surface area contributed by atoms with Gasteiger partial charge in [0.25, 0.3) is 5.17 Å². The van der Waals surface area contributed by atoms with Crippen molar-refractivity contribution >= 4 is 17.4 Å². The third-order valence-electron chi connectivity index (χ3n) is 4.82. The van der Waals surface area contributed by atoms with Crippen LogP contribution < -0.4 is 0 Å². The van der Waals surface area contributed by atoms with Gasteiger partial charge in [0.05, 0.1) is 13.2 Å². The van der Waals surface area contributed by atoms with Crippen LogP contribution in [-0.4, -0.2) is 65.0 Å². The molecule has 4 aliphatic rings. The van der Waals surface area contributed by atoms with E-state index >= 15 is 0 Å². The molecule has 4 rings (SSSR count). The Morgan fingerprint density at radius 2 is 1.88 bits per heavy atom. The summed E-state index contributed by atoms with van der Waals surface area (Å²) in [6, 6.07) is 0.